The minimum Gasteiger partial charge on any atom is -0.335 e. The van der Waals surface area contributed by atoms with Crippen LogP contribution in [0.15, 0.2) is 36.5 Å². The van der Waals surface area contributed by atoms with E-state index in [1.165, 1.54) is 0 Å². The highest BCUT2D eigenvalue weighted by Crippen LogP contribution is 2.40. The van der Waals surface area contributed by atoms with Gasteiger partial charge in [0.2, 0.25) is 11.9 Å². The van der Waals surface area contributed by atoms with Gasteiger partial charge in [0, 0.05) is 36.7 Å². The number of carbonyl (C=O) groups excluding carboxylic acids is 2. The zero-order valence-corrected chi connectivity index (χ0v) is 21.3. The quantitative estimate of drug-likeness (QED) is 0.503. The number of carbonyl (C=O) groups is 2. The Morgan fingerprint density at radius 3 is 2.59 bits per heavy atom. The Bertz CT molecular complexity index is 1390. The van der Waals surface area contributed by atoms with Crippen LogP contribution < -0.4 is 20.4 Å². The van der Waals surface area contributed by atoms with Gasteiger partial charge in [-0.05, 0) is 57.3 Å². The first-order valence-corrected chi connectivity index (χ1v) is 12.3. The second kappa shape index (κ2) is 9.67. The number of nitrogens with zero attached hydrogens (tertiary/aromatic N) is 6. The molecule has 3 amide bonds. The van der Waals surface area contributed by atoms with E-state index < -0.39 is 0 Å². The molecular weight excluding hydrogens is 468 g/mol. The molecule has 3 aromatic rings. The molecule has 1 aliphatic carbocycles. The van der Waals surface area contributed by atoms with Crippen LogP contribution in [0.25, 0.3) is 11.0 Å². The fourth-order valence-corrected chi connectivity index (χ4v) is 5.10. The number of pyridine rings is 1. The number of rotatable bonds is 6. The van der Waals surface area contributed by atoms with E-state index in [0.29, 0.717) is 41.5 Å². The molecule has 0 unspecified atom stereocenters. The van der Waals surface area contributed by atoms with Crippen LogP contribution in [0.3, 0.4) is 0 Å². The number of benzene rings is 1. The first kappa shape index (κ1) is 24.5. The summed E-state index contributed by atoms with van der Waals surface area (Å²) in [5.74, 6) is 3.57. The van der Waals surface area contributed by atoms with Crippen LogP contribution >= 0.6 is 0 Å². The number of fused-ring (bicyclic) bond motifs is 1. The van der Waals surface area contributed by atoms with Crippen LogP contribution in [-0.2, 0) is 4.79 Å². The van der Waals surface area contributed by atoms with Gasteiger partial charge in [0.05, 0.1) is 17.5 Å². The topological polar surface area (TPSA) is 107 Å². The smallest absolute Gasteiger partial charge is 0.323 e. The van der Waals surface area contributed by atoms with Gasteiger partial charge in [-0.1, -0.05) is 18.8 Å². The number of aromatic nitrogens is 3. The molecule has 2 N–H and O–H groups in total. The average molecular weight is 499 g/mol. The molecule has 1 aromatic carbocycles. The van der Waals surface area contributed by atoms with Gasteiger partial charge in [0.1, 0.15) is 5.82 Å². The van der Waals surface area contributed by atoms with Crippen molar-refractivity contribution in [2.24, 2.45) is 0 Å². The summed E-state index contributed by atoms with van der Waals surface area (Å²) < 4.78 is 0. The van der Waals surface area contributed by atoms with Crippen LogP contribution in [-0.4, -0.2) is 71.6 Å². The van der Waals surface area contributed by atoms with Gasteiger partial charge >= 0.3 is 6.03 Å². The Labute approximate surface area is 216 Å². The molecule has 10 heteroatoms. The Balaban J connectivity index is 1.42. The molecule has 2 aliphatic rings. The minimum atomic E-state index is -0.263. The number of urea groups is 1. The van der Waals surface area contributed by atoms with E-state index >= 15 is 0 Å². The van der Waals surface area contributed by atoms with Crippen LogP contribution in [0, 0.1) is 12.3 Å². The van der Waals surface area contributed by atoms with Crippen LogP contribution in [0.5, 0.6) is 0 Å². The predicted molar refractivity (Wildman–Crippen MR) is 144 cm³/mol. The van der Waals surface area contributed by atoms with Crippen molar-refractivity contribution in [3.05, 3.63) is 42.1 Å². The van der Waals surface area contributed by atoms with Crippen molar-refractivity contribution < 1.29 is 9.59 Å². The van der Waals surface area contributed by atoms with E-state index in [9.17, 15) is 9.59 Å². The summed E-state index contributed by atoms with van der Waals surface area (Å²) in [6.07, 6.45) is 11.5. The van der Waals surface area contributed by atoms with Crippen LogP contribution in [0.4, 0.5) is 27.9 Å². The zero-order valence-electron chi connectivity index (χ0n) is 21.3. The first-order valence-electron chi connectivity index (χ1n) is 12.3. The normalized spacial score (nSPS) is 16.3. The van der Waals surface area contributed by atoms with Gasteiger partial charge in [-0.3, -0.25) is 9.69 Å². The van der Waals surface area contributed by atoms with Crippen LogP contribution in [0.2, 0.25) is 0 Å². The van der Waals surface area contributed by atoms with Gasteiger partial charge in [-0.25, -0.2) is 14.8 Å². The van der Waals surface area contributed by atoms with Crippen molar-refractivity contribution in [1.82, 2.24) is 25.2 Å². The maximum atomic E-state index is 12.8. The van der Waals surface area contributed by atoms with E-state index in [-0.39, 0.29) is 17.5 Å². The molecule has 0 radical (unpaired) electrons. The van der Waals surface area contributed by atoms with Crippen molar-refractivity contribution in [3.8, 4) is 12.3 Å². The minimum absolute atomic E-state index is 0.000774. The average Bonchev–Trinajstić information content (AvgIpc) is 3.49. The maximum absolute atomic E-state index is 12.8. The molecule has 1 saturated carbocycles. The molecule has 1 saturated heterocycles. The number of hydrogen-bond acceptors (Lipinski definition) is 7. The summed E-state index contributed by atoms with van der Waals surface area (Å²) >= 11 is 0. The monoisotopic (exact) mass is 498 g/mol. The van der Waals surface area contributed by atoms with Crippen molar-refractivity contribution in [1.29, 1.82) is 0 Å². The SMILES string of the molecule is C#Cc1cc(N2C(=O)NCC23CCCC3)nc2nc(Nc3ccc(N(C)C(=O)CN(C)C)cc3)ncc12. The second-order valence-corrected chi connectivity index (χ2v) is 9.89. The number of nitrogens with one attached hydrogen (secondary N) is 2. The highest BCUT2D eigenvalue weighted by atomic mass is 16.2. The molecule has 2 aromatic heterocycles. The predicted octanol–water partition coefficient (Wildman–Crippen LogP) is 3.12. The van der Waals surface area contributed by atoms with Crippen LogP contribution in [0.1, 0.15) is 31.2 Å². The number of anilines is 4. The molecule has 0 atom stereocenters. The Morgan fingerprint density at radius 2 is 1.92 bits per heavy atom. The molecule has 37 heavy (non-hydrogen) atoms. The molecule has 2 fully saturated rings. The maximum Gasteiger partial charge on any atom is 0.323 e. The molecule has 190 valence electrons. The molecule has 3 heterocycles. The van der Waals surface area contributed by atoms with E-state index in [1.54, 1.807) is 29.1 Å². The molecule has 10 nitrogen and oxygen atoms in total. The molecular formula is C27H30N8O2. The van der Waals surface area contributed by atoms with E-state index in [4.69, 9.17) is 11.4 Å². The lowest BCUT2D eigenvalue weighted by atomic mass is 9.97. The third kappa shape index (κ3) is 4.66. The molecule has 1 aliphatic heterocycles. The molecule has 5 rings (SSSR count). The van der Waals surface area contributed by atoms with Crippen molar-refractivity contribution in [2.75, 3.05) is 49.3 Å². The molecule has 1 spiro atoms. The van der Waals surface area contributed by atoms with Gasteiger partial charge in [0.25, 0.3) is 0 Å². The summed E-state index contributed by atoms with van der Waals surface area (Å²) in [6.45, 7) is 0.940. The zero-order chi connectivity index (χ0) is 26.2. The fourth-order valence-electron chi connectivity index (χ4n) is 5.10. The highest BCUT2D eigenvalue weighted by Gasteiger charge is 2.48. The van der Waals surface area contributed by atoms with Gasteiger partial charge < -0.3 is 20.4 Å². The highest BCUT2D eigenvalue weighted by molar-refractivity contribution is 5.97. The fraction of sp³-hybridized carbons (Fsp3) is 0.370. The summed E-state index contributed by atoms with van der Waals surface area (Å²) in [5, 5.41) is 6.82. The lowest BCUT2D eigenvalue weighted by molar-refractivity contribution is -0.118. The largest absolute Gasteiger partial charge is 0.335 e. The Morgan fingerprint density at radius 1 is 1.19 bits per heavy atom. The van der Waals surface area contributed by atoms with Gasteiger partial charge in [-0.2, -0.15) is 4.98 Å². The Kier molecular flexibility index (Phi) is 6.39. The third-order valence-electron chi connectivity index (χ3n) is 7.05. The third-order valence-corrected chi connectivity index (χ3v) is 7.05. The summed E-state index contributed by atoms with van der Waals surface area (Å²) in [5.41, 5.74) is 2.29. The second-order valence-electron chi connectivity index (χ2n) is 9.89. The summed E-state index contributed by atoms with van der Waals surface area (Å²) in [4.78, 5) is 44.1. The summed E-state index contributed by atoms with van der Waals surface area (Å²) in [7, 11) is 5.47. The first-order chi connectivity index (χ1) is 17.8. The van der Waals surface area contributed by atoms with E-state index in [1.807, 2.05) is 43.3 Å². The summed E-state index contributed by atoms with van der Waals surface area (Å²) in [6, 6.07) is 9.05. The van der Waals surface area contributed by atoms with Crippen molar-refractivity contribution >= 4 is 46.1 Å². The number of terminal acetylenes is 1. The number of hydrogen-bond donors (Lipinski definition) is 2. The lowest BCUT2D eigenvalue weighted by Gasteiger charge is -2.32. The number of amides is 3. The van der Waals surface area contributed by atoms with E-state index in [0.717, 1.165) is 37.1 Å². The van der Waals surface area contributed by atoms with Crippen molar-refractivity contribution in [3.63, 3.8) is 0 Å². The molecule has 0 bridgehead atoms. The Hall–Kier alpha value is -4.23. The number of likely N-dealkylation sites (N-methyl/N-ethyl adjacent to an activating group) is 2. The van der Waals surface area contributed by atoms with Gasteiger partial charge in [-0.15, -0.1) is 6.42 Å². The van der Waals surface area contributed by atoms with E-state index in [2.05, 4.69) is 26.5 Å². The van der Waals surface area contributed by atoms with Gasteiger partial charge in [0.15, 0.2) is 5.65 Å². The lowest BCUT2D eigenvalue weighted by Crippen LogP contribution is -2.45. The standard InChI is InChI=1S/C27H30N8O2/c1-5-18-14-22(35-26(37)29-17-27(35)12-6-7-13-27)31-24-21(18)15-28-25(32-24)30-19-8-10-20(11-9-19)34(4)23(36)16-33(2)3/h1,8-11,14-15H,6-7,12-13,16-17H2,2-4H3,(H,29,37)(H,28,30,31,32). The van der Waals surface area contributed by atoms with Crippen molar-refractivity contribution in [2.45, 2.75) is 31.2 Å².